The Morgan fingerprint density at radius 2 is 2.33 bits per heavy atom. The number of anilines is 1. The second kappa shape index (κ2) is 5.15. The van der Waals surface area contributed by atoms with Crippen LogP contribution in [0.3, 0.4) is 0 Å². The molecule has 3 nitrogen and oxygen atoms in total. The fourth-order valence-electron chi connectivity index (χ4n) is 2.42. The van der Waals surface area contributed by atoms with Gasteiger partial charge in [-0.15, -0.1) is 0 Å². The van der Waals surface area contributed by atoms with Crippen molar-refractivity contribution in [3.05, 3.63) is 22.7 Å². The van der Waals surface area contributed by atoms with E-state index in [0.29, 0.717) is 12.1 Å². The number of nitrogens with zero attached hydrogens (tertiary/aromatic N) is 1. The van der Waals surface area contributed by atoms with E-state index in [-0.39, 0.29) is 0 Å². The van der Waals surface area contributed by atoms with Crippen molar-refractivity contribution >= 4 is 42.6 Å². The van der Waals surface area contributed by atoms with E-state index in [2.05, 4.69) is 32.3 Å². The van der Waals surface area contributed by atoms with Gasteiger partial charge in [-0.05, 0) is 37.5 Å². The Bertz CT molecular complexity index is 557. The van der Waals surface area contributed by atoms with Crippen LogP contribution >= 0.6 is 27.3 Å². The van der Waals surface area contributed by atoms with Gasteiger partial charge in [0.1, 0.15) is 0 Å². The first-order valence-corrected chi connectivity index (χ1v) is 7.71. The van der Waals surface area contributed by atoms with Crippen LogP contribution in [0, 0.1) is 0 Å². The quantitative estimate of drug-likeness (QED) is 0.924. The summed E-state index contributed by atoms with van der Waals surface area (Å²) in [7, 11) is 1.79. The van der Waals surface area contributed by atoms with Crippen LogP contribution in [0.5, 0.6) is 0 Å². The third kappa shape index (κ3) is 2.53. The number of ether oxygens (including phenoxy) is 1. The van der Waals surface area contributed by atoms with Crippen molar-refractivity contribution in [3.63, 3.8) is 0 Å². The zero-order valence-electron chi connectivity index (χ0n) is 10.1. The van der Waals surface area contributed by atoms with Crippen molar-refractivity contribution in [2.45, 2.75) is 31.4 Å². The average molecular weight is 327 g/mol. The minimum atomic E-state index is 0.408. The average Bonchev–Trinajstić information content (AvgIpc) is 2.95. The molecule has 3 rings (SSSR count). The van der Waals surface area contributed by atoms with Crippen molar-refractivity contribution in [2.75, 3.05) is 12.4 Å². The molecular formula is C13H15BrN2OS. The first-order chi connectivity index (χ1) is 8.74. The Hall–Kier alpha value is -0.650. The molecule has 1 heterocycles. The predicted octanol–water partition coefficient (Wildman–Crippen LogP) is 4.04. The minimum absolute atomic E-state index is 0.408. The number of rotatable bonds is 3. The van der Waals surface area contributed by atoms with Gasteiger partial charge in [0.25, 0.3) is 0 Å². The van der Waals surface area contributed by atoms with Crippen molar-refractivity contribution in [1.82, 2.24) is 4.98 Å². The molecule has 0 spiro atoms. The maximum absolute atomic E-state index is 5.39. The summed E-state index contributed by atoms with van der Waals surface area (Å²) in [5.74, 6) is 0. The van der Waals surface area contributed by atoms with E-state index >= 15 is 0 Å². The summed E-state index contributed by atoms with van der Waals surface area (Å²) in [4.78, 5) is 4.61. The molecule has 18 heavy (non-hydrogen) atoms. The van der Waals surface area contributed by atoms with Crippen LogP contribution in [0.15, 0.2) is 22.7 Å². The smallest absolute Gasteiger partial charge is 0.184 e. The molecule has 0 saturated heterocycles. The molecule has 0 aliphatic heterocycles. The monoisotopic (exact) mass is 326 g/mol. The number of hydrogen-bond acceptors (Lipinski definition) is 4. The number of nitrogens with one attached hydrogen (secondary N) is 1. The summed E-state index contributed by atoms with van der Waals surface area (Å²) in [5, 5.41) is 4.54. The van der Waals surface area contributed by atoms with Gasteiger partial charge in [0, 0.05) is 17.6 Å². The highest BCUT2D eigenvalue weighted by Crippen LogP contribution is 2.31. The fraction of sp³-hybridized carbons (Fsp3) is 0.462. The summed E-state index contributed by atoms with van der Waals surface area (Å²) < 4.78 is 7.71. The van der Waals surface area contributed by atoms with E-state index in [1.54, 1.807) is 18.4 Å². The number of aromatic nitrogens is 1. The zero-order chi connectivity index (χ0) is 12.5. The summed E-state index contributed by atoms with van der Waals surface area (Å²) in [5.41, 5.74) is 1.06. The van der Waals surface area contributed by atoms with E-state index in [0.717, 1.165) is 34.4 Å². The number of hydrogen-bond donors (Lipinski definition) is 1. The number of benzene rings is 1. The van der Waals surface area contributed by atoms with E-state index < -0.39 is 0 Å². The number of methoxy groups -OCH3 is 1. The fourth-order valence-corrected chi connectivity index (χ4v) is 3.91. The van der Waals surface area contributed by atoms with Gasteiger partial charge in [-0.1, -0.05) is 27.3 Å². The van der Waals surface area contributed by atoms with Gasteiger partial charge in [0.2, 0.25) is 0 Å². The highest BCUT2D eigenvalue weighted by molar-refractivity contribution is 9.10. The van der Waals surface area contributed by atoms with Crippen LogP contribution in [0.2, 0.25) is 0 Å². The highest BCUT2D eigenvalue weighted by atomic mass is 79.9. The van der Waals surface area contributed by atoms with E-state index in [4.69, 9.17) is 4.74 Å². The summed E-state index contributed by atoms with van der Waals surface area (Å²) in [6.07, 6.45) is 3.80. The zero-order valence-corrected chi connectivity index (χ0v) is 12.6. The third-order valence-corrected chi connectivity index (χ3v) is 4.84. The standard InChI is InChI=1S/C13H15BrN2OS/c1-17-10-4-3-9(7-10)15-13-16-11-5-2-8(14)6-12(11)18-13/h2,5-6,9-10H,3-4,7H2,1H3,(H,15,16). The molecule has 1 fully saturated rings. The van der Waals surface area contributed by atoms with Gasteiger partial charge in [-0.3, -0.25) is 0 Å². The van der Waals surface area contributed by atoms with Crippen LogP contribution in [0.4, 0.5) is 5.13 Å². The van der Waals surface area contributed by atoms with Crippen LogP contribution in [-0.2, 0) is 4.74 Å². The highest BCUT2D eigenvalue weighted by Gasteiger charge is 2.24. The molecule has 1 saturated carbocycles. The lowest BCUT2D eigenvalue weighted by atomic mass is 10.2. The van der Waals surface area contributed by atoms with Crippen molar-refractivity contribution in [3.8, 4) is 0 Å². The number of halogens is 1. The minimum Gasteiger partial charge on any atom is -0.381 e. The van der Waals surface area contributed by atoms with Crippen LogP contribution < -0.4 is 5.32 Å². The van der Waals surface area contributed by atoms with Crippen molar-refractivity contribution in [1.29, 1.82) is 0 Å². The molecule has 1 aliphatic rings. The van der Waals surface area contributed by atoms with Crippen LogP contribution in [0.1, 0.15) is 19.3 Å². The molecule has 1 aromatic heterocycles. The Morgan fingerprint density at radius 1 is 1.44 bits per heavy atom. The molecule has 96 valence electrons. The van der Waals surface area contributed by atoms with Crippen LogP contribution in [0.25, 0.3) is 10.2 Å². The van der Waals surface area contributed by atoms with Crippen molar-refractivity contribution < 1.29 is 4.74 Å². The Labute approximate surface area is 119 Å². The number of fused-ring (bicyclic) bond motifs is 1. The normalized spacial score (nSPS) is 23.7. The lowest BCUT2D eigenvalue weighted by Gasteiger charge is -2.11. The maximum Gasteiger partial charge on any atom is 0.184 e. The molecule has 2 aromatic rings. The topological polar surface area (TPSA) is 34.1 Å². The van der Waals surface area contributed by atoms with Gasteiger partial charge < -0.3 is 10.1 Å². The Balaban J connectivity index is 1.75. The van der Waals surface area contributed by atoms with E-state index in [1.165, 1.54) is 4.70 Å². The molecule has 1 aromatic carbocycles. The van der Waals surface area contributed by atoms with Gasteiger partial charge >= 0.3 is 0 Å². The van der Waals surface area contributed by atoms with E-state index in [1.807, 2.05) is 12.1 Å². The first-order valence-electron chi connectivity index (χ1n) is 6.10. The van der Waals surface area contributed by atoms with Crippen LogP contribution in [-0.4, -0.2) is 24.2 Å². The largest absolute Gasteiger partial charge is 0.381 e. The molecule has 2 atom stereocenters. The molecule has 5 heteroatoms. The molecule has 1 aliphatic carbocycles. The van der Waals surface area contributed by atoms with Gasteiger partial charge in [0.15, 0.2) is 5.13 Å². The molecule has 0 radical (unpaired) electrons. The van der Waals surface area contributed by atoms with E-state index in [9.17, 15) is 0 Å². The second-order valence-corrected chi connectivity index (χ2v) is 6.59. The van der Waals surface area contributed by atoms with Gasteiger partial charge in [-0.25, -0.2) is 4.98 Å². The van der Waals surface area contributed by atoms with Gasteiger partial charge in [-0.2, -0.15) is 0 Å². The van der Waals surface area contributed by atoms with Crippen molar-refractivity contribution in [2.24, 2.45) is 0 Å². The predicted molar refractivity (Wildman–Crippen MR) is 79.4 cm³/mol. The second-order valence-electron chi connectivity index (χ2n) is 4.64. The summed E-state index contributed by atoms with van der Waals surface area (Å²) in [6.45, 7) is 0. The molecule has 0 amide bonds. The Morgan fingerprint density at radius 3 is 3.11 bits per heavy atom. The lowest BCUT2D eigenvalue weighted by molar-refractivity contribution is 0.108. The first kappa shape index (κ1) is 12.4. The third-order valence-electron chi connectivity index (χ3n) is 3.40. The SMILES string of the molecule is COC1CCC(Nc2nc3ccc(Br)cc3s2)C1. The maximum atomic E-state index is 5.39. The molecule has 2 unspecified atom stereocenters. The Kier molecular flexibility index (Phi) is 3.54. The lowest BCUT2D eigenvalue weighted by Crippen LogP contribution is -2.16. The molecule has 0 bridgehead atoms. The molecular weight excluding hydrogens is 312 g/mol. The van der Waals surface area contributed by atoms with Gasteiger partial charge in [0.05, 0.1) is 16.3 Å². The summed E-state index contributed by atoms with van der Waals surface area (Å²) >= 11 is 5.20. The number of thiazole rings is 1. The molecule has 1 N–H and O–H groups in total. The summed E-state index contributed by atoms with van der Waals surface area (Å²) in [6, 6.07) is 6.69.